The van der Waals surface area contributed by atoms with E-state index in [4.69, 9.17) is 19.2 Å². The number of para-hydroxylation sites is 1. The van der Waals surface area contributed by atoms with Crippen LogP contribution in [0.3, 0.4) is 0 Å². The summed E-state index contributed by atoms with van der Waals surface area (Å²) in [5.74, 6) is 2.49. The Hall–Kier alpha value is -2.04. The van der Waals surface area contributed by atoms with E-state index in [0.717, 1.165) is 47.2 Å². The Morgan fingerprint density at radius 3 is 2.42 bits per heavy atom. The van der Waals surface area contributed by atoms with Gasteiger partial charge < -0.3 is 29.7 Å². The van der Waals surface area contributed by atoms with E-state index in [2.05, 4.69) is 53.6 Å². The maximum atomic E-state index is 5.96. The fourth-order valence-corrected chi connectivity index (χ4v) is 2.98. The fourth-order valence-electron chi connectivity index (χ4n) is 2.98. The summed E-state index contributed by atoms with van der Waals surface area (Å²) in [5, 5.41) is 6.73. The first kappa shape index (κ1) is 29.0. The van der Waals surface area contributed by atoms with E-state index >= 15 is 0 Å². The van der Waals surface area contributed by atoms with Crippen LogP contribution < -0.4 is 20.1 Å². The molecule has 0 heterocycles. The Bertz CT molecular complexity index is 846. The second-order valence-corrected chi connectivity index (χ2v) is 7.76. The molecule has 0 unspecified atom stereocenters. The quantitative estimate of drug-likeness (QED) is 0.165. The molecule has 2 rings (SSSR count). The van der Waals surface area contributed by atoms with Crippen molar-refractivity contribution in [1.82, 2.24) is 15.5 Å². The van der Waals surface area contributed by atoms with Crippen molar-refractivity contribution in [2.45, 2.75) is 26.9 Å². The first-order chi connectivity index (χ1) is 15.5. The lowest BCUT2D eigenvalue weighted by Gasteiger charge is -2.16. The average molecular weight is 571 g/mol. The molecule has 33 heavy (non-hydrogen) atoms. The van der Waals surface area contributed by atoms with Gasteiger partial charge in [0.1, 0.15) is 24.7 Å². The van der Waals surface area contributed by atoms with Gasteiger partial charge in [0.25, 0.3) is 0 Å². The van der Waals surface area contributed by atoms with Gasteiger partial charge >= 0.3 is 0 Å². The van der Waals surface area contributed by atoms with E-state index in [0.29, 0.717) is 32.9 Å². The molecule has 0 saturated carbocycles. The summed E-state index contributed by atoms with van der Waals surface area (Å²) < 4.78 is 17.0. The number of aliphatic imine (C=N–C) groups is 1. The van der Waals surface area contributed by atoms with Crippen molar-refractivity contribution < 1.29 is 14.2 Å². The molecule has 0 aliphatic heterocycles. The lowest BCUT2D eigenvalue weighted by atomic mass is 10.1. The Labute approximate surface area is 215 Å². The first-order valence-corrected chi connectivity index (χ1v) is 11.1. The van der Waals surface area contributed by atoms with Gasteiger partial charge in [-0.15, -0.1) is 24.0 Å². The smallest absolute Gasteiger partial charge is 0.191 e. The first-order valence-electron chi connectivity index (χ1n) is 11.1. The third-order valence-electron chi connectivity index (χ3n) is 4.73. The minimum Gasteiger partial charge on any atom is -0.492 e. The number of nitrogens with zero attached hydrogens (tertiary/aromatic N) is 2. The monoisotopic (exact) mass is 570 g/mol. The molecule has 0 spiro atoms. The van der Waals surface area contributed by atoms with E-state index in [1.54, 1.807) is 7.11 Å². The van der Waals surface area contributed by atoms with Crippen LogP contribution in [0.15, 0.2) is 47.5 Å². The van der Waals surface area contributed by atoms with Gasteiger partial charge in [-0.25, -0.2) is 4.99 Å². The van der Waals surface area contributed by atoms with Gasteiger partial charge in [-0.1, -0.05) is 30.3 Å². The van der Waals surface area contributed by atoms with E-state index in [1.165, 1.54) is 0 Å². The minimum absolute atomic E-state index is 0. The molecule has 184 valence electrons. The Morgan fingerprint density at radius 2 is 1.70 bits per heavy atom. The van der Waals surface area contributed by atoms with Gasteiger partial charge in [0, 0.05) is 37.9 Å². The minimum atomic E-state index is 0. The number of ether oxygens (including phenoxy) is 3. The summed E-state index contributed by atoms with van der Waals surface area (Å²) in [5.41, 5.74) is 3.29. The van der Waals surface area contributed by atoms with Crippen LogP contribution in [0.25, 0.3) is 0 Å². The summed E-state index contributed by atoms with van der Waals surface area (Å²) in [6.07, 6.45) is 0. The Kier molecular flexibility index (Phi) is 14.5. The van der Waals surface area contributed by atoms with E-state index in [1.807, 2.05) is 32.3 Å². The van der Waals surface area contributed by atoms with Crippen molar-refractivity contribution in [3.8, 4) is 11.5 Å². The second-order valence-electron chi connectivity index (χ2n) is 7.76. The highest BCUT2D eigenvalue weighted by molar-refractivity contribution is 14.0. The van der Waals surface area contributed by atoms with Crippen LogP contribution in [0.4, 0.5) is 0 Å². The van der Waals surface area contributed by atoms with Crippen molar-refractivity contribution in [3.05, 3.63) is 59.2 Å². The van der Waals surface area contributed by atoms with Crippen LogP contribution in [-0.2, 0) is 17.8 Å². The second kappa shape index (κ2) is 16.6. The molecular weight excluding hydrogens is 531 g/mol. The third kappa shape index (κ3) is 11.1. The predicted molar refractivity (Wildman–Crippen MR) is 146 cm³/mol. The number of nitrogens with one attached hydrogen (secondary N) is 2. The molecule has 0 saturated heterocycles. The molecule has 2 aromatic rings. The van der Waals surface area contributed by atoms with Crippen molar-refractivity contribution in [2.24, 2.45) is 4.99 Å². The zero-order valence-corrected chi connectivity index (χ0v) is 22.8. The van der Waals surface area contributed by atoms with Crippen LogP contribution in [0.1, 0.15) is 23.6 Å². The maximum absolute atomic E-state index is 5.96. The molecule has 0 aliphatic rings. The molecule has 0 fully saturated rings. The molecule has 0 aliphatic carbocycles. The summed E-state index contributed by atoms with van der Waals surface area (Å²) >= 11 is 0. The van der Waals surface area contributed by atoms with Gasteiger partial charge in [-0.2, -0.15) is 0 Å². The molecule has 7 nitrogen and oxygen atoms in total. The number of rotatable bonds is 13. The van der Waals surface area contributed by atoms with Crippen LogP contribution >= 0.6 is 24.0 Å². The summed E-state index contributed by atoms with van der Waals surface area (Å²) in [4.78, 5) is 6.87. The van der Waals surface area contributed by atoms with E-state index in [-0.39, 0.29) is 24.0 Å². The normalized spacial score (nSPS) is 11.2. The molecule has 2 aromatic carbocycles. The van der Waals surface area contributed by atoms with Crippen molar-refractivity contribution >= 4 is 29.9 Å². The number of hydrogen-bond donors (Lipinski definition) is 2. The lowest BCUT2D eigenvalue weighted by molar-refractivity contribution is 0.145. The molecule has 0 radical (unpaired) electrons. The standard InChI is InChI=1S/C25H38N4O3.HI/c1-6-26-25(27-18-21-9-7-8-10-23(21)31-14-13-29(3)4)28-19-22-12-11-20(2)17-24(22)32-16-15-30-5;/h7-12,17H,6,13-16,18-19H2,1-5H3,(H2,26,27,28);1H. The van der Waals surface area contributed by atoms with Gasteiger partial charge in [0.2, 0.25) is 0 Å². The number of methoxy groups -OCH3 is 1. The van der Waals surface area contributed by atoms with Crippen molar-refractivity contribution in [3.63, 3.8) is 0 Å². The molecule has 2 N–H and O–H groups in total. The SMILES string of the molecule is CCNC(=NCc1ccccc1OCCN(C)C)NCc1ccc(C)cc1OCCOC.I. The Morgan fingerprint density at radius 1 is 0.939 bits per heavy atom. The van der Waals surface area contributed by atoms with Crippen LogP contribution in [0, 0.1) is 6.92 Å². The topological polar surface area (TPSA) is 67.4 Å². The van der Waals surface area contributed by atoms with Crippen LogP contribution in [-0.4, -0.2) is 65.0 Å². The summed E-state index contributed by atoms with van der Waals surface area (Å²) in [6, 6.07) is 14.3. The van der Waals surface area contributed by atoms with Crippen molar-refractivity contribution in [1.29, 1.82) is 0 Å². The fraction of sp³-hybridized carbons (Fsp3) is 0.480. The van der Waals surface area contributed by atoms with Gasteiger partial charge in [-0.3, -0.25) is 0 Å². The molecule has 8 heteroatoms. The molecule has 0 bridgehead atoms. The third-order valence-corrected chi connectivity index (χ3v) is 4.73. The zero-order chi connectivity index (χ0) is 23.2. The predicted octanol–water partition coefficient (Wildman–Crippen LogP) is 3.83. The highest BCUT2D eigenvalue weighted by Crippen LogP contribution is 2.21. The lowest BCUT2D eigenvalue weighted by Crippen LogP contribution is -2.36. The van der Waals surface area contributed by atoms with Crippen molar-refractivity contribution in [2.75, 3.05) is 54.1 Å². The summed E-state index contributed by atoms with van der Waals surface area (Å²) in [6.45, 7) is 8.61. The van der Waals surface area contributed by atoms with E-state index < -0.39 is 0 Å². The Balaban J connectivity index is 0.00000544. The van der Waals surface area contributed by atoms with Crippen LogP contribution in [0.5, 0.6) is 11.5 Å². The van der Waals surface area contributed by atoms with Gasteiger partial charge in [-0.05, 0) is 45.6 Å². The largest absolute Gasteiger partial charge is 0.492 e. The van der Waals surface area contributed by atoms with Crippen LogP contribution in [0.2, 0.25) is 0 Å². The highest BCUT2D eigenvalue weighted by atomic mass is 127. The molecule has 0 atom stereocenters. The zero-order valence-electron chi connectivity index (χ0n) is 20.5. The van der Waals surface area contributed by atoms with E-state index in [9.17, 15) is 0 Å². The van der Waals surface area contributed by atoms with Gasteiger partial charge in [0.05, 0.1) is 13.2 Å². The molecular formula is C25H39IN4O3. The number of guanidine groups is 1. The highest BCUT2D eigenvalue weighted by Gasteiger charge is 2.07. The number of benzene rings is 2. The molecule has 0 aromatic heterocycles. The van der Waals surface area contributed by atoms with Gasteiger partial charge in [0.15, 0.2) is 5.96 Å². The summed E-state index contributed by atoms with van der Waals surface area (Å²) in [7, 11) is 5.75. The number of likely N-dealkylation sites (N-methyl/N-ethyl adjacent to an activating group) is 1. The number of aryl methyl sites for hydroxylation is 1. The maximum Gasteiger partial charge on any atom is 0.191 e. The average Bonchev–Trinajstić information content (AvgIpc) is 2.77. The number of halogens is 1. The number of hydrogen-bond acceptors (Lipinski definition) is 5. The molecule has 0 amide bonds.